The van der Waals surface area contributed by atoms with Crippen molar-refractivity contribution in [2.75, 3.05) is 0 Å². The standard InChI is InChI=1S/C18H25NOS2.C3H6/c1-7-11-17(16-12-9-8-10-13-16)21-15(3)14(2)19-22(20)18(4,5)6;1-3-2/h8-13H,3,7H2,1-2,4-6H3;3H,1H2,2H3/b17-11-,19-14+;. The van der Waals surface area contributed by atoms with E-state index >= 15 is 0 Å². The van der Waals surface area contributed by atoms with Gasteiger partial charge in [0.1, 0.15) is 11.0 Å². The van der Waals surface area contributed by atoms with Crippen LogP contribution in [0, 0.1) is 0 Å². The van der Waals surface area contributed by atoms with Gasteiger partial charge in [0.15, 0.2) is 0 Å². The van der Waals surface area contributed by atoms with E-state index < -0.39 is 11.0 Å². The molecule has 0 N–H and O–H groups in total. The van der Waals surface area contributed by atoms with E-state index in [-0.39, 0.29) is 4.75 Å². The third kappa shape index (κ3) is 9.61. The summed E-state index contributed by atoms with van der Waals surface area (Å²) in [5.74, 6) is 0. The average Bonchev–Trinajstić information content (AvgIpc) is 2.55. The minimum atomic E-state index is -1.26. The third-order valence-electron chi connectivity index (χ3n) is 2.83. The summed E-state index contributed by atoms with van der Waals surface area (Å²) in [6.45, 7) is 19.1. The zero-order chi connectivity index (χ0) is 19.5. The smallest absolute Gasteiger partial charge is 0.145 e. The molecule has 138 valence electrons. The van der Waals surface area contributed by atoms with Gasteiger partial charge >= 0.3 is 0 Å². The lowest BCUT2D eigenvalue weighted by molar-refractivity contribution is 0.650. The first-order valence-corrected chi connectivity index (χ1v) is 10.3. The Kier molecular flexibility index (Phi) is 11.4. The largest absolute Gasteiger partial charge is 0.234 e. The summed E-state index contributed by atoms with van der Waals surface area (Å²) in [5, 5.41) is 0. The molecule has 2 nitrogen and oxygen atoms in total. The molecule has 0 aliphatic rings. The van der Waals surface area contributed by atoms with E-state index in [0.717, 1.165) is 21.9 Å². The quantitative estimate of drug-likeness (QED) is 0.403. The lowest BCUT2D eigenvalue weighted by Gasteiger charge is -2.15. The van der Waals surface area contributed by atoms with Crippen molar-refractivity contribution in [1.82, 2.24) is 0 Å². The van der Waals surface area contributed by atoms with E-state index in [1.54, 1.807) is 17.8 Å². The highest BCUT2D eigenvalue weighted by Gasteiger charge is 2.19. The van der Waals surface area contributed by atoms with Crippen molar-refractivity contribution in [2.24, 2.45) is 4.40 Å². The Morgan fingerprint density at radius 1 is 1.28 bits per heavy atom. The lowest BCUT2D eigenvalue weighted by Crippen LogP contribution is -2.20. The van der Waals surface area contributed by atoms with Crippen molar-refractivity contribution >= 4 is 33.4 Å². The Labute approximate surface area is 160 Å². The van der Waals surface area contributed by atoms with E-state index in [2.05, 4.69) is 42.7 Å². The van der Waals surface area contributed by atoms with Crippen LogP contribution >= 0.6 is 11.8 Å². The van der Waals surface area contributed by atoms with E-state index in [9.17, 15) is 4.21 Å². The van der Waals surface area contributed by atoms with Crippen LogP contribution in [0.25, 0.3) is 4.91 Å². The van der Waals surface area contributed by atoms with E-state index in [1.807, 2.05) is 52.8 Å². The summed E-state index contributed by atoms with van der Waals surface area (Å²) < 4.78 is 16.1. The molecule has 0 saturated heterocycles. The molecule has 1 unspecified atom stereocenters. The van der Waals surface area contributed by atoms with Gasteiger partial charge in [-0.1, -0.05) is 67.7 Å². The van der Waals surface area contributed by atoms with Gasteiger partial charge in [-0.05, 0) is 46.6 Å². The molecule has 0 amide bonds. The Bertz CT molecular complexity index is 638. The molecule has 1 aromatic carbocycles. The molecular formula is C21H31NOS2. The number of nitrogens with zero attached hydrogens (tertiary/aromatic N) is 1. The minimum Gasteiger partial charge on any atom is -0.234 e. The van der Waals surface area contributed by atoms with Gasteiger partial charge in [0, 0.05) is 9.81 Å². The number of rotatable bonds is 6. The molecule has 0 bridgehead atoms. The highest BCUT2D eigenvalue weighted by molar-refractivity contribution is 8.12. The first kappa shape index (κ1) is 23.6. The van der Waals surface area contributed by atoms with Crippen LogP contribution in [0.5, 0.6) is 0 Å². The zero-order valence-electron chi connectivity index (χ0n) is 16.3. The van der Waals surface area contributed by atoms with Gasteiger partial charge in [-0.3, -0.25) is 0 Å². The Hall–Kier alpha value is -1.39. The molecule has 1 atom stereocenters. The van der Waals surface area contributed by atoms with Crippen LogP contribution in [0.15, 0.2) is 64.9 Å². The summed E-state index contributed by atoms with van der Waals surface area (Å²) in [6, 6.07) is 10.2. The first-order chi connectivity index (χ1) is 11.7. The predicted octanol–water partition coefficient (Wildman–Crippen LogP) is 6.80. The lowest BCUT2D eigenvalue weighted by atomic mass is 10.2. The summed E-state index contributed by atoms with van der Waals surface area (Å²) in [5.41, 5.74) is 1.90. The highest BCUT2D eigenvalue weighted by atomic mass is 32.2. The molecule has 1 aromatic rings. The third-order valence-corrected chi connectivity index (χ3v) is 5.48. The van der Waals surface area contributed by atoms with Crippen molar-refractivity contribution in [3.05, 3.63) is 66.1 Å². The molecule has 0 saturated carbocycles. The predicted molar refractivity (Wildman–Crippen MR) is 118 cm³/mol. The van der Waals surface area contributed by atoms with Gasteiger partial charge < -0.3 is 0 Å². The molecule has 0 aliphatic heterocycles. The van der Waals surface area contributed by atoms with Crippen molar-refractivity contribution in [1.29, 1.82) is 0 Å². The Morgan fingerprint density at radius 2 is 1.80 bits per heavy atom. The molecule has 0 aromatic heterocycles. The number of allylic oxidation sites excluding steroid dienone is 3. The maximum Gasteiger partial charge on any atom is 0.145 e. The summed E-state index contributed by atoms with van der Waals surface area (Å²) in [4.78, 5) is 1.99. The highest BCUT2D eigenvalue weighted by Crippen LogP contribution is 2.34. The Balaban J connectivity index is 0.00000178. The van der Waals surface area contributed by atoms with Crippen LogP contribution in [0.4, 0.5) is 0 Å². The molecule has 25 heavy (non-hydrogen) atoms. The average molecular weight is 378 g/mol. The fraction of sp³-hybridized carbons (Fsp3) is 0.381. The maximum atomic E-state index is 12.1. The molecule has 0 heterocycles. The van der Waals surface area contributed by atoms with Gasteiger partial charge in [-0.2, -0.15) is 4.40 Å². The molecule has 0 aliphatic carbocycles. The van der Waals surface area contributed by atoms with Crippen molar-refractivity contribution < 1.29 is 4.21 Å². The molecule has 1 rings (SSSR count). The van der Waals surface area contributed by atoms with E-state index in [4.69, 9.17) is 0 Å². The molecule has 4 heteroatoms. The second kappa shape index (κ2) is 12.0. The number of hydrogen-bond acceptors (Lipinski definition) is 2. The zero-order valence-corrected chi connectivity index (χ0v) is 18.0. The van der Waals surface area contributed by atoms with Crippen molar-refractivity contribution in [3.8, 4) is 0 Å². The second-order valence-corrected chi connectivity index (χ2v) is 9.36. The first-order valence-electron chi connectivity index (χ1n) is 8.34. The van der Waals surface area contributed by atoms with Crippen LogP contribution in [0.3, 0.4) is 0 Å². The normalized spacial score (nSPS) is 13.5. The minimum absolute atomic E-state index is 0.353. The summed E-state index contributed by atoms with van der Waals surface area (Å²) >= 11 is 1.58. The Morgan fingerprint density at radius 3 is 2.24 bits per heavy atom. The van der Waals surface area contributed by atoms with Crippen molar-refractivity contribution in [3.63, 3.8) is 0 Å². The molecule has 0 radical (unpaired) electrons. The fourth-order valence-electron chi connectivity index (χ4n) is 1.53. The van der Waals surface area contributed by atoms with Crippen LogP contribution in [0.2, 0.25) is 0 Å². The number of thioether (sulfide) groups is 1. The van der Waals surface area contributed by atoms with Crippen LogP contribution in [-0.2, 0) is 11.0 Å². The maximum absolute atomic E-state index is 12.1. The summed E-state index contributed by atoms with van der Waals surface area (Å²) in [6.07, 6.45) is 4.88. The van der Waals surface area contributed by atoms with E-state index in [0.29, 0.717) is 0 Å². The fourth-order valence-corrected chi connectivity index (χ4v) is 3.18. The van der Waals surface area contributed by atoms with Gasteiger partial charge in [0.2, 0.25) is 0 Å². The van der Waals surface area contributed by atoms with Crippen LogP contribution in [-0.4, -0.2) is 14.7 Å². The number of hydrogen-bond donors (Lipinski definition) is 0. The van der Waals surface area contributed by atoms with E-state index in [1.165, 1.54) is 5.56 Å². The summed E-state index contributed by atoms with van der Waals surface area (Å²) in [7, 11) is -1.26. The van der Waals surface area contributed by atoms with Gasteiger partial charge in [-0.25, -0.2) is 4.21 Å². The molecule has 0 spiro atoms. The second-order valence-electron chi connectivity index (χ2n) is 6.31. The topological polar surface area (TPSA) is 29.4 Å². The van der Waals surface area contributed by atoms with Crippen LogP contribution in [0.1, 0.15) is 53.5 Å². The van der Waals surface area contributed by atoms with Gasteiger partial charge in [0.25, 0.3) is 0 Å². The molecule has 0 fully saturated rings. The number of benzene rings is 1. The monoisotopic (exact) mass is 377 g/mol. The molecular weight excluding hydrogens is 346 g/mol. The van der Waals surface area contributed by atoms with Gasteiger partial charge in [-0.15, -0.1) is 6.58 Å². The SMILES string of the molecule is C=C(S/C(=C\CC)c1ccccc1)/C(C)=N/S(=O)C(C)(C)C.C=CC. The van der Waals surface area contributed by atoms with Crippen molar-refractivity contribution in [2.45, 2.75) is 52.7 Å². The van der Waals surface area contributed by atoms with Crippen LogP contribution < -0.4 is 0 Å². The van der Waals surface area contributed by atoms with Gasteiger partial charge in [0.05, 0.1) is 10.5 Å².